The Morgan fingerprint density at radius 2 is 1.70 bits per heavy atom. The number of hydrogen-bond donors (Lipinski definition) is 1. The van der Waals surface area contributed by atoms with E-state index in [1.165, 1.54) is 12.1 Å². The van der Waals surface area contributed by atoms with Gasteiger partial charge in [-0.2, -0.15) is 0 Å². The maximum atomic E-state index is 14.1. The molecule has 1 unspecified atom stereocenters. The standard InChI is InChI=1S/C28H29F2NO2/c1-19(32)17-28(23-6-4-3-5-7-23)14-15-31(27(33)18-28)20(2)21-8-10-22(11-9-21)25-13-12-24(29)16-26(25)30/h3-13,16,19-20,32H,14-15,17-18H2,1-2H3/t19?,20-,28+/m0/s1. The van der Waals surface area contributed by atoms with Crippen molar-refractivity contribution in [3.8, 4) is 11.1 Å². The summed E-state index contributed by atoms with van der Waals surface area (Å²) in [6.07, 6.45) is 1.17. The predicted molar refractivity (Wildman–Crippen MR) is 126 cm³/mol. The van der Waals surface area contributed by atoms with Gasteiger partial charge in [-0.1, -0.05) is 54.6 Å². The molecule has 3 aromatic rings. The average Bonchev–Trinajstić information content (AvgIpc) is 2.79. The fraction of sp³-hybridized carbons (Fsp3) is 0.321. The highest BCUT2D eigenvalue weighted by atomic mass is 19.1. The molecule has 1 aliphatic heterocycles. The van der Waals surface area contributed by atoms with Crippen molar-refractivity contribution in [2.75, 3.05) is 6.54 Å². The molecule has 4 rings (SSSR count). The van der Waals surface area contributed by atoms with E-state index < -0.39 is 17.7 Å². The Kier molecular flexibility index (Phi) is 6.61. The van der Waals surface area contributed by atoms with E-state index in [0.717, 1.165) is 23.6 Å². The number of piperidine rings is 1. The smallest absolute Gasteiger partial charge is 0.223 e. The summed E-state index contributed by atoms with van der Waals surface area (Å²) in [5.74, 6) is -1.14. The first-order chi connectivity index (χ1) is 15.8. The molecule has 0 spiro atoms. The van der Waals surface area contributed by atoms with Gasteiger partial charge in [0.2, 0.25) is 5.91 Å². The van der Waals surface area contributed by atoms with Gasteiger partial charge >= 0.3 is 0 Å². The van der Waals surface area contributed by atoms with Gasteiger partial charge in [-0.15, -0.1) is 0 Å². The molecule has 3 atom stereocenters. The van der Waals surface area contributed by atoms with Crippen LogP contribution in [0.5, 0.6) is 0 Å². The Balaban J connectivity index is 1.53. The number of benzene rings is 3. The number of aliphatic hydroxyl groups excluding tert-OH is 1. The summed E-state index contributed by atoms with van der Waals surface area (Å²) < 4.78 is 27.3. The molecular formula is C28H29F2NO2. The zero-order valence-electron chi connectivity index (χ0n) is 19.0. The maximum absolute atomic E-state index is 14.1. The van der Waals surface area contributed by atoms with Gasteiger partial charge in [0.05, 0.1) is 12.1 Å². The van der Waals surface area contributed by atoms with Crippen molar-refractivity contribution in [2.45, 2.75) is 50.7 Å². The number of carbonyl (C=O) groups is 1. The van der Waals surface area contributed by atoms with E-state index in [-0.39, 0.29) is 17.4 Å². The van der Waals surface area contributed by atoms with Crippen LogP contribution in [0.1, 0.15) is 50.3 Å². The van der Waals surface area contributed by atoms with Crippen molar-refractivity contribution >= 4 is 5.91 Å². The minimum Gasteiger partial charge on any atom is -0.393 e. The normalized spacial score (nSPS) is 20.5. The van der Waals surface area contributed by atoms with Crippen molar-refractivity contribution in [1.29, 1.82) is 0 Å². The van der Waals surface area contributed by atoms with Crippen molar-refractivity contribution in [3.05, 3.63) is 95.6 Å². The zero-order valence-corrected chi connectivity index (χ0v) is 19.0. The Morgan fingerprint density at radius 3 is 2.30 bits per heavy atom. The van der Waals surface area contributed by atoms with Crippen molar-refractivity contribution < 1.29 is 18.7 Å². The van der Waals surface area contributed by atoms with Crippen LogP contribution in [0.2, 0.25) is 0 Å². The van der Waals surface area contributed by atoms with Gasteiger partial charge in [0.1, 0.15) is 11.6 Å². The van der Waals surface area contributed by atoms with Crippen LogP contribution in [0.25, 0.3) is 11.1 Å². The molecule has 0 bridgehead atoms. The van der Waals surface area contributed by atoms with Crippen LogP contribution in [0.4, 0.5) is 8.78 Å². The lowest BCUT2D eigenvalue weighted by Gasteiger charge is -2.44. The molecule has 33 heavy (non-hydrogen) atoms. The van der Waals surface area contributed by atoms with Crippen LogP contribution in [-0.4, -0.2) is 28.6 Å². The average molecular weight is 450 g/mol. The van der Waals surface area contributed by atoms with Crippen LogP contribution in [-0.2, 0) is 10.2 Å². The molecule has 3 aromatic carbocycles. The molecule has 0 radical (unpaired) electrons. The second kappa shape index (κ2) is 9.44. The molecule has 0 saturated carbocycles. The van der Waals surface area contributed by atoms with Gasteiger partial charge in [-0.25, -0.2) is 8.78 Å². The van der Waals surface area contributed by atoms with Gasteiger partial charge < -0.3 is 10.0 Å². The lowest BCUT2D eigenvalue weighted by molar-refractivity contribution is -0.138. The summed E-state index contributed by atoms with van der Waals surface area (Å²) in [6.45, 7) is 4.36. The van der Waals surface area contributed by atoms with E-state index in [2.05, 4.69) is 0 Å². The summed E-state index contributed by atoms with van der Waals surface area (Å²) in [6, 6.07) is 20.8. The van der Waals surface area contributed by atoms with Crippen LogP contribution < -0.4 is 0 Å². The number of rotatable bonds is 6. The Bertz CT molecular complexity index is 1110. The minimum absolute atomic E-state index is 0.0620. The van der Waals surface area contributed by atoms with Crippen LogP contribution in [0, 0.1) is 11.6 Å². The van der Waals surface area contributed by atoms with Crippen LogP contribution in [0.15, 0.2) is 72.8 Å². The molecule has 5 heteroatoms. The van der Waals surface area contributed by atoms with E-state index in [9.17, 15) is 18.7 Å². The van der Waals surface area contributed by atoms with Crippen molar-refractivity contribution in [3.63, 3.8) is 0 Å². The summed E-state index contributed by atoms with van der Waals surface area (Å²) >= 11 is 0. The summed E-state index contributed by atoms with van der Waals surface area (Å²) in [5.41, 5.74) is 2.69. The second-order valence-electron chi connectivity index (χ2n) is 9.14. The number of carbonyl (C=O) groups excluding carboxylic acids is 1. The molecule has 1 fully saturated rings. The summed E-state index contributed by atoms with van der Waals surface area (Å²) in [5, 5.41) is 10.2. The first-order valence-electron chi connectivity index (χ1n) is 11.4. The summed E-state index contributed by atoms with van der Waals surface area (Å²) in [4.78, 5) is 15.2. The number of halogens is 2. The fourth-order valence-corrected chi connectivity index (χ4v) is 5.09. The molecule has 172 valence electrons. The Hall–Kier alpha value is -3.05. The SMILES string of the molecule is CC(O)C[C@]1(c2ccccc2)CCN([C@@H](C)c2ccc(-c3ccc(F)cc3F)cc2)C(=O)C1. The quantitative estimate of drug-likeness (QED) is 0.500. The van der Waals surface area contributed by atoms with Gasteiger partial charge in [-0.3, -0.25) is 4.79 Å². The number of nitrogens with zero attached hydrogens (tertiary/aromatic N) is 1. The second-order valence-corrected chi connectivity index (χ2v) is 9.14. The topological polar surface area (TPSA) is 40.5 Å². The van der Waals surface area contributed by atoms with E-state index in [4.69, 9.17) is 0 Å². The van der Waals surface area contributed by atoms with E-state index in [1.807, 2.05) is 54.3 Å². The Morgan fingerprint density at radius 1 is 1.00 bits per heavy atom. The zero-order chi connectivity index (χ0) is 23.6. The van der Waals surface area contributed by atoms with Crippen molar-refractivity contribution in [1.82, 2.24) is 4.90 Å². The molecular weight excluding hydrogens is 420 g/mol. The number of hydrogen-bond acceptors (Lipinski definition) is 2. The first kappa shape index (κ1) is 23.1. The molecule has 3 nitrogen and oxygen atoms in total. The molecule has 1 N–H and O–H groups in total. The number of amides is 1. The molecule has 1 saturated heterocycles. The van der Waals surface area contributed by atoms with Crippen molar-refractivity contribution in [2.24, 2.45) is 0 Å². The molecule has 0 aliphatic carbocycles. The maximum Gasteiger partial charge on any atom is 0.223 e. The number of aliphatic hydroxyl groups is 1. The predicted octanol–water partition coefficient (Wildman–Crippen LogP) is 6.02. The monoisotopic (exact) mass is 449 g/mol. The van der Waals surface area contributed by atoms with Gasteiger partial charge in [0, 0.05) is 30.0 Å². The molecule has 1 aliphatic rings. The lowest BCUT2D eigenvalue weighted by Crippen LogP contribution is -2.48. The lowest BCUT2D eigenvalue weighted by atomic mass is 9.69. The highest BCUT2D eigenvalue weighted by Crippen LogP contribution is 2.42. The molecule has 1 heterocycles. The fourth-order valence-electron chi connectivity index (χ4n) is 5.09. The first-order valence-corrected chi connectivity index (χ1v) is 11.4. The third kappa shape index (κ3) is 4.83. The van der Waals surface area contributed by atoms with E-state index in [0.29, 0.717) is 30.5 Å². The van der Waals surface area contributed by atoms with Gasteiger partial charge in [0.15, 0.2) is 0 Å². The van der Waals surface area contributed by atoms with Gasteiger partial charge in [-0.05, 0) is 55.5 Å². The van der Waals surface area contributed by atoms with Crippen LogP contribution in [0.3, 0.4) is 0 Å². The van der Waals surface area contributed by atoms with E-state index in [1.54, 1.807) is 19.1 Å². The molecule has 1 amide bonds. The number of likely N-dealkylation sites (tertiary alicyclic amines) is 1. The minimum atomic E-state index is -0.604. The third-order valence-corrected chi connectivity index (χ3v) is 6.82. The summed E-state index contributed by atoms with van der Waals surface area (Å²) in [7, 11) is 0. The highest BCUT2D eigenvalue weighted by molar-refractivity contribution is 5.79. The molecule has 0 aromatic heterocycles. The highest BCUT2D eigenvalue weighted by Gasteiger charge is 2.42. The van der Waals surface area contributed by atoms with Crippen LogP contribution >= 0.6 is 0 Å². The third-order valence-electron chi connectivity index (χ3n) is 6.82. The van der Waals surface area contributed by atoms with E-state index >= 15 is 0 Å². The largest absolute Gasteiger partial charge is 0.393 e. The van der Waals surface area contributed by atoms with Gasteiger partial charge in [0.25, 0.3) is 0 Å². The Labute approximate surface area is 193 Å².